The predicted octanol–water partition coefficient (Wildman–Crippen LogP) is 3.82. The molecule has 2 heteroatoms. The standard InChI is InChI=1S/C18H20N2/c1-20(2)13-17-6-4-3-5-15(17)11-14-7-8-18-16(12-14)9-10-19-18/h3-10,12,19H,11,13H2,1-2H3. The molecular formula is C18H20N2. The minimum absolute atomic E-state index is 0.989. The van der Waals surface area contributed by atoms with E-state index in [0.29, 0.717) is 0 Å². The van der Waals surface area contributed by atoms with E-state index in [9.17, 15) is 0 Å². The van der Waals surface area contributed by atoms with Gasteiger partial charge >= 0.3 is 0 Å². The molecule has 0 aliphatic rings. The molecule has 20 heavy (non-hydrogen) atoms. The van der Waals surface area contributed by atoms with Crippen LogP contribution in [0.15, 0.2) is 54.7 Å². The number of H-pyrrole nitrogens is 1. The molecule has 0 aliphatic carbocycles. The number of fused-ring (bicyclic) bond motifs is 1. The second-order valence-electron chi connectivity index (χ2n) is 5.58. The zero-order valence-electron chi connectivity index (χ0n) is 12.1. The summed E-state index contributed by atoms with van der Waals surface area (Å²) >= 11 is 0. The second-order valence-corrected chi connectivity index (χ2v) is 5.58. The summed E-state index contributed by atoms with van der Waals surface area (Å²) in [6.45, 7) is 0.989. The van der Waals surface area contributed by atoms with Crippen LogP contribution in [0.4, 0.5) is 0 Å². The molecule has 102 valence electrons. The van der Waals surface area contributed by atoms with Gasteiger partial charge in [0.05, 0.1) is 0 Å². The van der Waals surface area contributed by atoms with E-state index in [-0.39, 0.29) is 0 Å². The number of aromatic nitrogens is 1. The van der Waals surface area contributed by atoms with E-state index in [1.807, 2.05) is 6.20 Å². The Hall–Kier alpha value is -2.06. The minimum Gasteiger partial charge on any atom is -0.361 e. The Labute approximate surface area is 120 Å². The third-order valence-electron chi connectivity index (χ3n) is 3.62. The molecule has 0 amide bonds. The number of rotatable bonds is 4. The summed E-state index contributed by atoms with van der Waals surface area (Å²) in [5.41, 5.74) is 5.39. The van der Waals surface area contributed by atoms with E-state index >= 15 is 0 Å². The number of hydrogen-bond acceptors (Lipinski definition) is 1. The number of aromatic amines is 1. The van der Waals surface area contributed by atoms with E-state index < -0.39 is 0 Å². The lowest BCUT2D eigenvalue weighted by molar-refractivity contribution is 0.401. The fourth-order valence-corrected chi connectivity index (χ4v) is 2.66. The van der Waals surface area contributed by atoms with Crippen molar-refractivity contribution >= 4 is 10.9 Å². The smallest absolute Gasteiger partial charge is 0.0454 e. The Morgan fingerprint density at radius 2 is 1.75 bits per heavy atom. The largest absolute Gasteiger partial charge is 0.361 e. The van der Waals surface area contributed by atoms with Crippen molar-refractivity contribution in [1.29, 1.82) is 0 Å². The molecule has 2 nitrogen and oxygen atoms in total. The second kappa shape index (κ2) is 5.51. The highest BCUT2D eigenvalue weighted by Crippen LogP contribution is 2.19. The van der Waals surface area contributed by atoms with Gasteiger partial charge in [0.25, 0.3) is 0 Å². The van der Waals surface area contributed by atoms with E-state index in [4.69, 9.17) is 0 Å². The van der Waals surface area contributed by atoms with Gasteiger partial charge in [-0.2, -0.15) is 0 Å². The molecule has 3 aromatic rings. The van der Waals surface area contributed by atoms with Crippen molar-refractivity contribution < 1.29 is 0 Å². The first kappa shape index (κ1) is 12.9. The molecule has 0 bridgehead atoms. The van der Waals surface area contributed by atoms with Crippen LogP contribution in [0.3, 0.4) is 0 Å². The Kier molecular flexibility index (Phi) is 3.57. The SMILES string of the molecule is CN(C)Cc1ccccc1Cc1ccc2[nH]ccc2c1. The monoisotopic (exact) mass is 264 g/mol. The van der Waals surface area contributed by atoms with Gasteiger partial charge in [0.2, 0.25) is 0 Å². The lowest BCUT2D eigenvalue weighted by Crippen LogP contribution is -2.12. The third-order valence-corrected chi connectivity index (χ3v) is 3.62. The number of benzene rings is 2. The van der Waals surface area contributed by atoms with Crippen molar-refractivity contribution in [2.45, 2.75) is 13.0 Å². The van der Waals surface area contributed by atoms with Gasteiger partial charge in [0.15, 0.2) is 0 Å². The summed E-state index contributed by atoms with van der Waals surface area (Å²) in [6, 6.07) is 17.5. The van der Waals surface area contributed by atoms with Crippen molar-refractivity contribution in [2.75, 3.05) is 14.1 Å². The first-order valence-corrected chi connectivity index (χ1v) is 7.00. The van der Waals surface area contributed by atoms with Crippen molar-refractivity contribution in [3.05, 3.63) is 71.4 Å². The average molecular weight is 264 g/mol. The fourth-order valence-electron chi connectivity index (χ4n) is 2.66. The highest BCUT2D eigenvalue weighted by molar-refractivity contribution is 5.80. The summed E-state index contributed by atoms with van der Waals surface area (Å²) in [4.78, 5) is 5.46. The molecule has 0 radical (unpaired) electrons. The molecule has 1 N–H and O–H groups in total. The van der Waals surface area contributed by atoms with Crippen LogP contribution in [0, 0.1) is 0 Å². The van der Waals surface area contributed by atoms with Crippen LogP contribution >= 0.6 is 0 Å². The molecule has 0 fully saturated rings. The molecule has 0 saturated carbocycles. The molecule has 0 saturated heterocycles. The summed E-state index contributed by atoms with van der Waals surface area (Å²) < 4.78 is 0. The quantitative estimate of drug-likeness (QED) is 0.759. The zero-order valence-corrected chi connectivity index (χ0v) is 12.1. The van der Waals surface area contributed by atoms with Crippen LogP contribution in [-0.4, -0.2) is 24.0 Å². The maximum absolute atomic E-state index is 3.24. The molecule has 0 atom stereocenters. The lowest BCUT2D eigenvalue weighted by atomic mass is 9.99. The van der Waals surface area contributed by atoms with E-state index in [0.717, 1.165) is 13.0 Å². The Morgan fingerprint density at radius 3 is 2.55 bits per heavy atom. The minimum atomic E-state index is 0.989. The van der Waals surface area contributed by atoms with Crippen LogP contribution in [0.5, 0.6) is 0 Å². The van der Waals surface area contributed by atoms with Gasteiger partial charge in [-0.1, -0.05) is 30.3 Å². The summed E-state index contributed by atoms with van der Waals surface area (Å²) in [5.74, 6) is 0. The molecule has 0 aliphatic heterocycles. The molecule has 0 unspecified atom stereocenters. The van der Waals surface area contributed by atoms with Crippen LogP contribution in [0.1, 0.15) is 16.7 Å². The van der Waals surface area contributed by atoms with Crippen LogP contribution < -0.4 is 0 Å². The summed E-state index contributed by atoms with van der Waals surface area (Å²) in [6.07, 6.45) is 2.99. The highest BCUT2D eigenvalue weighted by Gasteiger charge is 2.05. The summed E-state index contributed by atoms with van der Waals surface area (Å²) in [5, 5.41) is 1.28. The molecular weight excluding hydrogens is 244 g/mol. The number of hydrogen-bond donors (Lipinski definition) is 1. The number of nitrogens with one attached hydrogen (secondary N) is 1. The van der Waals surface area contributed by atoms with Crippen molar-refractivity contribution in [1.82, 2.24) is 9.88 Å². The maximum atomic E-state index is 3.24. The van der Waals surface area contributed by atoms with Gasteiger partial charge in [0.1, 0.15) is 0 Å². The molecule has 1 heterocycles. The van der Waals surface area contributed by atoms with Crippen LogP contribution in [-0.2, 0) is 13.0 Å². The fraction of sp³-hybridized carbons (Fsp3) is 0.222. The predicted molar refractivity (Wildman–Crippen MR) is 84.9 cm³/mol. The lowest BCUT2D eigenvalue weighted by Gasteiger charge is -2.14. The Morgan fingerprint density at radius 1 is 0.950 bits per heavy atom. The number of nitrogens with zero attached hydrogens (tertiary/aromatic N) is 1. The van der Waals surface area contributed by atoms with E-state index in [1.165, 1.54) is 27.6 Å². The topological polar surface area (TPSA) is 19.0 Å². The zero-order chi connectivity index (χ0) is 13.9. The van der Waals surface area contributed by atoms with Crippen LogP contribution in [0.2, 0.25) is 0 Å². The van der Waals surface area contributed by atoms with E-state index in [2.05, 4.69) is 72.5 Å². The third kappa shape index (κ3) is 2.75. The molecule has 0 spiro atoms. The van der Waals surface area contributed by atoms with Crippen LogP contribution in [0.25, 0.3) is 10.9 Å². The molecule has 1 aromatic heterocycles. The van der Waals surface area contributed by atoms with Crippen molar-refractivity contribution in [2.24, 2.45) is 0 Å². The molecule has 2 aromatic carbocycles. The van der Waals surface area contributed by atoms with Gasteiger partial charge in [-0.25, -0.2) is 0 Å². The maximum Gasteiger partial charge on any atom is 0.0454 e. The van der Waals surface area contributed by atoms with Gasteiger partial charge in [-0.3, -0.25) is 0 Å². The normalized spacial score (nSPS) is 11.3. The van der Waals surface area contributed by atoms with E-state index in [1.54, 1.807) is 0 Å². The first-order valence-electron chi connectivity index (χ1n) is 7.00. The van der Waals surface area contributed by atoms with Crippen molar-refractivity contribution in [3.63, 3.8) is 0 Å². The Balaban J connectivity index is 1.90. The summed E-state index contributed by atoms with van der Waals surface area (Å²) in [7, 11) is 4.23. The first-order chi connectivity index (χ1) is 9.72. The Bertz CT molecular complexity index is 710. The highest BCUT2D eigenvalue weighted by atomic mass is 15.0. The molecule has 3 rings (SSSR count). The van der Waals surface area contributed by atoms with Gasteiger partial charge in [-0.15, -0.1) is 0 Å². The average Bonchev–Trinajstić information content (AvgIpc) is 2.88. The van der Waals surface area contributed by atoms with Gasteiger partial charge in [0, 0.05) is 18.3 Å². The van der Waals surface area contributed by atoms with Gasteiger partial charge < -0.3 is 9.88 Å². The van der Waals surface area contributed by atoms with Crippen molar-refractivity contribution in [3.8, 4) is 0 Å². The van der Waals surface area contributed by atoms with Gasteiger partial charge in [-0.05, 0) is 60.8 Å².